The topological polar surface area (TPSA) is 37.4 Å². The highest BCUT2D eigenvalue weighted by Gasteiger charge is 2.29. The lowest BCUT2D eigenvalue weighted by atomic mass is 10.0. The van der Waals surface area contributed by atoms with E-state index < -0.39 is 10.0 Å². The van der Waals surface area contributed by atoms with E-state index in [0.717, 1.165) is 32.1 Å². The van der Waals surface area contributed by atoms with Gasteiger partial charge in [-0.05, 0) is 61.3 Å². The van der Waals surface area contributed by atoms with Gasteiger partial charge in [0.05, 0.1) is 4.90 Å². The molecule has 0 unspecified atom stereocenters. The Bertz CT molecular complexity index is 592. The Morgan fingerprint density at radius 2 is 1.85 bits per heavy atom. The maximum absolute atomic E-state index is 12.7. The van der Waals surface area contributed by atoms with Crippen LogP contribution in [0.3, 0.4) is 0 Å². The minimum absolute atomic E-state index is 0.461. The second-order valence-electron chi connectivity index (χ2n) is 5.79. The minimum Gasteiger partial charge on any atom is -0.207 e. The second kappa shape index (κ2) is 5.66. The normalized spacial score (nSPS) is 21.1. The predicted octanol–water partition coefficient (Wildman–Crippen LogP) is 2.81. The van der Waals surface area contributed by atoms with Crippen molar-refractivity contribution >= 4 is 21.6 Å². The largest absolute Gasteiger partial charge is 0.243 e. The number of hydrogen-bond acceptors (Lipinski definition) is 2. The number of piperidine rings is 1. The van der Waals surface area contributed by atoms with E-state index in [0.29, 0.717) is 29.8 Å². The van der Waals surface area contributed by atoms with Gasteiger partial charge in [0, 0.05) is 19.0 Å². The fraction of sp³-hybridized carbons (Fsp3) is 0.600. The quantitative estimate of drug-likeness (QED) is 0.805. The first-order valence-electron chi connectivity index (χ1n) is 7.29. The van der Waals surface area contributed by atoms with E-state index >= 15 is 0 Å². The molecule has 1 aromatic rings. The van der Waals surface area contributed by atoms with Crippen LogP contribution in [0.5, 0.6) is 0 Å². The number of benzene rings is 1. The molecule has 3 nitrogen and oxygen atoms in total. The highest BCUT2D eigenvalue weighted by atomic mass is 35.5. The van der Waals surface area contributed by atoms with E-state index in [1.54, 1.807) is 10.4 Å². The van der Waals surface area contributed by atoms with Crippen LogP contribution in [-0.4, -0.2) is 31.7 Å². The van der Waals surface area contributed by atoms with Gasteiger partial charge in [0.25, 0.3) is 0 Å². The molecule has 0 atom stereocenters. The number of hydrogen-bond donors (Lipinski definition) is 0. The van der Waals surface area contributed by atoms with Crippen molar-refractivity contribution < 1.29 is 8.42 Å². The molecule has 2 aliphatic rings. The van der Waals surface area contributed by atoms with Gasteiger partial charge in [-0.1, -0.05) is 6.07 Å². The molecule has 0 amide bonds. The Morgan fingerprint density at radius 3 is 2.55 bits per heavy atom. The summed E-state index contributed by atoms with van der Waals surface area (Å²) >= 11 is 5.86. The summed E-state index contributed by atoms with van der Waals surface area (Å²) in [5, 5.41) is 0. The number of fused-ring (bicyclic) bond motifs is 1. The Kier molecular flexibility index (Phi) is 4.07. The third-order valence-electron chi connectivity index (χ3n) is 4.50. The summed E-state index contributed by atoms with van der Waals surface area (Å²) in [4.78, 5) is 0.461. The van der Waals surface area contributed by atoms with Crippen molar-refractivity contribution in [1.82, 2.24) is 4.31 Å². The summed E-state index contributed by atoms with van der Waals surface area (Å²) in [7, 11) is -3.33. The predicted molar refractivity (Wildman–Crippen MR) is 80.7 cm³/mol. The highest BCUT2D eigenvalue weighted by Crippen LogP contribution is 2.28. The molecule has 0 radical (unpaired) electrons. The van der Waals surface area contributed by atoms with Gasteiger partial charge >= 0.3 is 0 Å². The smallest absolute Gasteiger partial charge is 0.207 e. The third kappa shape index (κ3) is 2.61. The summed E-state index contributed by atoms with van der Waals surface area (Å²) in [5.41, 5.74) is 2.52. The Labute approximate surface area is 126 Å². The van der Waals surface area contributed by atoms with E-state index in [1.807, 2.05) is 12.1 Å². The van der Waals surface area contributed by atoms with Crippen molar-refractivity contribution in [2.75, 3.05) is 19.0 Å². The molecule has 1 aliphatic heterocycles. The Balaban J connectivity index is 1.82. The maximum Gasteiger partial charge on any atom is 0.243 e. The Hall–Kier alpha value is -0.580. The zero-order valence-corrected chi connectivity index (χ0v) is 13.1. The molecule has 0 spiro atoms. The monoisotopic (exact) mass is 313 g/mol. The summed E-state index contributed by atoms with van der Waals surface area (Å²) in [6.45, 7) is 1.19. The van der Waals surface area contributed by atoms with Crippen LogP contribution in [0.4, 0.5) is 0 Å². The van der Waals surface area contributed by atoms with Gasteiger partial charge in [0.15, 0.2) is 0 Å². The average molecular weight is 314 g/mol. The minimum atomic E-state index is -3.33. The molecule has 1 aromatic carbocycles. The number of sulfonamides is 1. The van der Waals surface area contributed by atoms with Gasteiger partial charge in [0.1, 0.15) is 0 Å². The summed E-state index contributed by atoms with van der Waals surface area (Å²) in [6.07, 6.45) is 4.96. The molecule has 0 saturated carbocycles. The lowest BCUT2D eigenvalue weighted by molar-refractivity contribution is 0.290. The SMILES string of the molecule is O=S(=O)(c1ccc2c(c1)CCC2)N1CCC(CCl)CC1. The maximum atomic E-state index is 12.7. The van der Waals surface area contributed by atoms with E-state index in [-0.39, 0.29) is 0 Å². The van der Waals surface area contributed by atoms with Gasteiger partial charge in [-0.25, -0.2) is 8.42 Å². The molecule has 0 N–H and O–H groups in total. The van der Waals surface area contributed by atoms with Crippen molar-refractivity contribution in [3.8, 4) is 0 Å². The molecule has 0 bridgehead atoms. The van der Waals surface area contributed by atoms with Gasteiger partial charge < -0.3 is 0 Å². The van der Waals surface area contributed by atoms with Crippen LogP contribution in [-0.2, 0) is 22.9 Å². The first-order chi connectivity index (χ1) is 9.61. The van der Waals surface area contributed by atoms with Crippen molar-refractivity contribution in [3.05, 3.63) is 29.3 Å². The fourth-order valence-electron chi connectivity index (χ4n) is 3.16. The molecule has 1 fully saturated rings. The van der Waals surface area contributed by atoms with Crippen LogP contribution < -0.4 is 0 Å². The van der Waals surface area contributed by atoms with Crippen LogP contribution in [0.15, 0.2) is 23.1 Å². The van der Waals surface area contributed by atoms with Crippen LogP contribution in [0.2, 0.25) is 0 Å². The molecule has 20 heavy (non-hydrogen) atoms. The number of aryl methyl sites for hydroxylation is 2. The molecule has 0 aromatic heterocycles. The van der Waals surface area contributed by atoms with E-state index in [9.17, 15) is 8.42 Å². The van der Waals surface area contributed by atoms with Crippen LogP contribution in [0.25, 0.3) is 0 Å². The number of alkyl halides is 1. The standard InChI is InChI=1S/C15H20ClNO2S/c16-11-12-6-8-17(9-7-12)20(18,19)15-5-4-13-2-1-3-14(13)10-15/h4-5,10,12H,1-3,6-9,11H2. The van der Waals surface area contributed by atoms with Crippen LogP contribution >= 0.6 is 11.6 Å². The molecule has 110 valence electrons. The van der Waals surface area contributed by atoms with Crippen LogP contribution in [0, 0.1) is 5.92 Å². The average Bonchev–Trinajstić information content (AvgIpc) is 2.94. The van der Waals surface area contributed by atoms with Gasteiger partial charge in [-0.2, -0.15) is 4.31 Å². The second-order valence-corrected chi connectivity index (χ2v) is 8.03. The first kappa shape index (κ1) is 14.4. The van der Waals surface area contributed by atoms with Gasteiger partial charge in [-0.3, -0.25) is 0 Å². The molecule has 1 aliphatic carbocycles. The van der Waals surface area contributed by atoms with Crippen molar-refractivity contribution in [2.45, 2.75) is 37.0 Å². The van der Waals surface area contributed by atoms with E-state index in [4.69, 9.17) is 11.6 Å². The van der Waals surface area contributed by atoms with Crippen molar-refractivity contribution in [2.24, 2.45) is 5.92 Å². The lowest BCUT2D eigenvalue weighted by Gasteiger charge is -2.30. The molecule has 1 saturated heterocycles. The number of nitrogens with zero attached hydrogens (tertiary/aromatic N) is 1. The van der Waals surface area contributed by atoms with Crippen molar-refractivity contribution in [3.63, 3.8) is 0 Å². The molecular weight excluding hydrogens is 294 g/mol. The Morgan fingerprint density at radius 1 is 1.15 bits per heavy atom. The molecule has 3 rings (SSSR count). The summed E-state index contributed by atoms with van der Waals surface area (Å²) in [6, 6.07) is 5.64. The third-order valence-corrected chi connectivity index (χ3v) is 6.83. The van der Waals surface area contributed by atoms with Crippen LogP contribution in [0.1, 0.15) is 30.4 Å². The fourth-order valence-corrected chi connectivity index (χ4v) is 4.99. The van der Waals surface area contributed by atoms with E-state index in [1.165, 1.54) is 11.1 Å². The summed E-state index contributed by atoms with van der Waals surface area (Å²) < 4.78 is 27.0. The first-order valence-corrected chi connectivity index (χ1v) is 9.26. The number of halogens is 1. The molecular formula is C15H20ClNO2S. The number of rotatable bonds is 3. The highest BCUT2D eigenvalue weighted by molar-refractivity contribution is 7.89. The van der Waals surface area contributed by atoms with Gasteiger partial charge in [-0.15, -0.1) is 11.6 Å². The zero-order valence-electron chi connectivity index (χ0n) is 11.5. The summed E-state index contributed by atoms with van der Waals surface area (Å²) in [5.74, 6) is 1.09. The van der Waals surface area contributed by atoms with Crippen molar-refractivity contribution in [1.29, 1.82) is 0 Å². The zero-order chi connectivity index (χ0) is 14.2. The van der Waals surface area contributed by atoms with Gasteiger partial charge in [0.2, 0.25) is 10.0 Å². The molecule has 1 heterocycles. The molecule has 5 heteroatoms. The lowest BCUT2D eigenvalue weighted by Crippen LogP contribution is -2.38. The van der Waals surface area contributed by atoms with E-state index in [2.05, 4.69) is 0 Å².